The lowest BCUT2D eigenvalue weighted by Gasteiger charge is -2.40. The zero-order valence-corrected chi connectivity index (χ0v) is 25.1. The van der Waals surface area contributed by atoms with Crippen LogP contribution < -0.4 is 19.5 Å². The van der Waals surface area contributed by atoms with E-state index in [1.807, 2.05) is 4.31 Å². The Balaban J connectivity index is 1.32. The Hall–Kier alpha value is -3.64. The van der Waals surface area contributed by atoms with E-state index in [4.69, 9.17) is 18.6 Å². The van der Waals surface area contributed by atoms with Gasteiger partial charge >= 0.3 is 6.01 Å². The molecule has 0 saturated heterocycles. The molecule has 1 aromatic heterocycles. The van der Waals surface area contributed by atoms with Crippen molar-refractivity contribution in [1.82, 2.24) is 14.5 Å². The number of rotatable bonds is 10. The molecule has 3 aromatic rings. The van der Waals surface area contributed by atoms with Gasteiger partial charge in [-0.3, -0.25) is 10.1 Å². The molecule has 0 aliphatic heterocycles. The van der Waals surface area contributed by atoms with Gasteiger partial charge in [0.15, 0.2) is 11.5 Å². The monoisotopic (exact) mass is 598 g/mol. The summed E-state index contributed by atoms with van der Waals surface area (Å²) in [5.41, 5.74) is 0.774. The topological polar surface area (TPSA) is 133 Å². The summed E-state index contributed by atoms with van der Waals surface area (Å²) in [5, 5.41) is 10.5. The van der Waals surface area contributed by atoms with Crippen molar-refractivity contribution >= 4 is 21.9 Å². The predicted octanol–water partition coefficient (Wildman–Crippen LogP) is 5.67. The van der Waals surface area contributed by atoms with Crippen LogP contribution in [0.5, 0.6) is 17.2 Å². The number of hydrogen-bond acceptors (Lipinski definition) is 9. The van der Waals surface area contributed by atoms with Crippen LogP contribution in [-0.4, -0.2) is 62.2 Å². The van der Waals surface area contributed by atoms with Gasteiger partial charge in [-0.1, -0.05) is 43.6 Å². The third-order valence-corrected chi connectivity index (χ3v) is 10.1. The molecule has 0 bridgehead atoms. The Morgan fingerprint density at radius 2 is 1.38 bits per heavy atom. The molecule has 11 nitrogen and oxygen atoms in total. The van der Waals surface area contributed by atoms with Gasteiger partial charge in [0.2, 0.25) is 21.7 Å². The molecule has 2 fully saturated rings. The maximum atomic E-state index is 13.9. The van der Waals surface area contributed by atoms with Gasteiger partial charge in [0, 0.05) is 23.2 Å². The molecule has 1 heterocycles. The van der Waals surface area contributed by atoms with E-state index in [1.165, 1.54) is 45.6 Å². The van der Waals surface area contributed by atoms with Crippen molar-refractivity contribution in [2.24, 2.45) is 0 Å². The zero-order chi connectivity index (χ0) is 29.7. The molecule has 1 N–H and O–H groups in total. The van der Waals surface area contributed by atoms with Crippen molar-refractivity contribution in [3.63, 3.8) is 0 Å². The number of carbonyl (C=O) groups is 1. The van der Waals surface area contributed by atoms with E-state index in [0.29, 0.717) is 22.8 Å². The second-order valence-electron chi connectivity index (χ2n) is 10.7. The van der Waals surface area contributed by atoms with Crippen LogP contribution in [0.4, 0.5) is 6.01 Å². The lowest BCUT2D eigenvalue weighted by Crippen LogP contribution is -2.48. The normalized spacial score (nSPS) is 16.8. The van der Waals surface area contributed by atoms with Crippen LogP contribution in [-0.2, 0) is 10.0 Å². The minimum atomic E-state index is -3.71. The van der Waals surface area contributed by atoms with Gasteiger partial charge in [0.25, 0.3) is 5.91 Å². The van der Waals surface area contributed by atoms with Crippen molar-refractivity contribution < 1.29 is 31.8 Å². The van der Waals surface area contributed by atoms with Gasteiger partial charge in [-0.25, -0.2) is 8.42 Å². The van der Waals surface area contributed by atoms with Crippen LogP contribution in [0.3, 0.4) is 0 Å². The van der Waals surface area contributed by atoms with Crippen LogP contribution in [0.1, 0.15) is 74.6 Å². The maximum Gasteiger partial charge on any atom is 0.322 e. The lowest BCUT2D eigenvalue weighted by molar-refractivity contribution is 0.102. The SMILES string of the molecule is COc1cc(-c2nnc(NC(=O)c3ccc(S(=O)(=O)N(C4CCCCC4)C4CCCCC4)cc3)o2)cc(OC)c1OC. The largest absolute Gasteiger partial charge is 0.493 e. The predicted molar refractivity (Wildman–Crippen MR) is 157 cm³/mol. The smallest absolute Gasteiger partial charge is 0.322 e. The lowest BCUT2D eigenvalue weighted by atomic mass is 9.91. The molecule has 0 atom stereocenters. The molecule has 0 radical (unpaired) electrons. The summed E-state index contributed by atoms with van der Waals surface area (Å²) in [6, 6.07) is 9.32. The number of hydrogen-bond donors (Lipinski definition) is 1. The highest BCUT2D eigenvalue weighted by atomic mass is 32.2. The standard InChI is InChI=1S/C30H38N4O7S/c1-38-25-18-21(19-26(39-2)27(25)40-3)29-32-33-30(41-29)31-28(35)20-14-16-24(17-15-20)42(36,37)34(22-10-6-4-7-11-22)23-12-8-5-9-13-23/h14-19,22-23H,4-13H2,1-3H3,(H,31,33,35). The van der Waals surface area contributed by atoms with Gasteiger partial charge in [0.05, 0.1) is 26.2 Å². The molecule has 2 aromatic carbocycles. The highest BCUT2D eigenvalue weighted by Gasteiger charge is 2.38. The zero-order valence-electron chi connectivity index (χ0n) is 24.3. The molecule has 5 rings (SSSR count). The number of benzene rings is 2. The van der Waals surface area contributed by atoms with Crippen molar-refractivity contribution in [2.75, 3.05) is 26.6 Å². The quantitative estimate of drug-likeness (QED) is 0.313. The molecule has 226 valence electrons. The fourth-order valence-electron chi connectivity index (χ4n) is 6.03. The Morgan fingerprint density at radius 1 is 0.833 bits per heavy atom. The van der Waals surface area contributed by atoms with E-state index in [0.717, 1.165) is 64.2 Å². The molecule has 0 unspecified atom stereocenters. The first-order valence-corrected chi connectivity index (χ1v) is 15.9. The molecule has 0 spiro atoms. The summed E-state index contributed by atoms with van der Waals surface area (Å²) in [6.45, 7) is 0. The summed E-state index contributed by atoms with van der Waals surface area (Å²) >= 11 is 0. The number of anilines is 1. The first-order chi connectivity index (χ1) is 20.3. The number of nitrogens with one attached hydrogen (secondary N) is 1. The summed E-state index contributed by atoms with van der Waals surface area (Å²) in [6.07, 6.45) is 10.1. The summed E-state index contributed by atoms with van der Waals surface area (Å²) < 4.78 is 51.5. The fourth-order valence-corrected chi connectivity index (χ4v) is 7.96. The van der Waals surface area contributed by atoms with E-state index in [-0.39, 0.29) is 34.4 Å². The summed E-state index contributed by atoms with van der Waals surface area (Å²) in [5.74, 6) is 0.877. The average Bonchev–Trinajstić information content (AvgIpc) is 3.49. The molecule has 2 saturated carbocycles. The van der Waals surface area contributed by atoms with Gasteiger partial charge in [-0.15, -0.1) is 5.10 Å². The van der Waals surface area contributed by atoms with Gasteiger partial charge in [0.1, 0.15) is 0 Å². The fraction of sp³-hybridized carbons (Fsp3) is 0.500. The Bertz CT molecular complexity index is 1430. The van der Waals surface area contributed by atoms with Crippen LogP contribution >= 0.6 is 0 Å². The molecule has 42 heavy (non-hydrogen) atoms. The number of nitrogens with zero attached hydrogens (tertiary/aromatic N) is 3. The van der Waals surface area contributed by atoms with Crippen molar-refractivity contribution in [2.45, 2.75) is 81.2 Å². The second kappa shape index (κ2) is 13.1. The average molecular weight is 599 g/mol. The van der Waals surface area contributed by atoms with Gasteiger partial charge in [-0.2, -0.15) is 4.31 Å². The van der Waals surface area contributed by atoms with Crippen LogP contribution in [0, 0.1) is 0 Å². The van der Waals surface area contributed by atoms with E-state index in [9.17, 15) is 13.2 Å². The number of ether oxygens (including phenoxy) is 3. The third kappa shape index (κ3) is 6.24. The van der Waals surface area contributed by atoms with E-state index in [1.54, 1.807) is 12.1 Å². The number of aromatic nitrogens is 2. The van der Waals surface area contributed by atoms with Gasteiger partial charge in [-0.05, 0) is 62.1 Å². The second-order valence-corrected chi connectivity index (χ2v) is 12.6. The number of carbonyl (C=O) groups excluding carboxylic acids is 1. The first kappa shape index (κ1) is 29.8. The first-order valence-electron chi connectivity index (χ1n) is 14.4. The Kier molecular flexibility index (Phi) is 9.32. The minimum Gasteiger partial charge on any atom is -0.493 e. The summed E-state index contributed by atoms with van der Waals surface area (Å²) in [4.78, 5) is 13.2. The van der Waals surface area contributed by atoms with E-state index >= 15 is 0 Å². The number of methoxy groups -OCH3 is 3. The van der Waals surface area contributed by atoms with Crippen molar-refractivity contribution in [1.29, 1.82) is 0 Å². The molecule has 2 aliphatic rings. The summed E-state index contributed by atoms with van der Waals surface area (Å²) in [7, 11) is 0.793. The minimum absolute atomic E-state index is 0.0344. The maximum absolute atomic E-state index is 13.9. The Labute approximate surface area is 246 Å². The molecular weight excluding hydrogens is 560 g/mol. The van der Waals surface area contributed by atoms with Crippen LogP contribution in [0.15, 0.2) is 45.7 Å². The third-order valence-electron chi connectivity index (χ3n) is 8.12. The van der Waals surface area contributed by atoms with Crippen LogP contribution in [0.2, 0.25) is 0 Å². The number of sulfonamides is 1. The number of amides is 1. The van der Waals surface area contributed by atoms with E-state index in [2.05, 4.69) is 15.5 Å². The highest BCUT2D eigenvalue weighted by Crippen LogP contribution is 2.41. The van der Waals surface area contributed by atoms with Crippen molar-refractivity contribution in [3.05, 3.63) is 42.0 Å². The molecule has 12 heteroatoms. The molecule has 2 aliphatic carbocycles. The van der Waals surface area contributed by atoms with Crippen molar-refractivity contribution in [3.8, 4) is 28.7 Å². The Morgan fingerprint density at radius 3 is 1.88 bits per heavy atom. The molecular formula is C30H38N4O7S. The highest BCUT2D eigenvalue weighted by molar-refractivity contribution is 7.89. The van der Waals surface area contributed by atoms with E-state index < -0.39 is 15.9 Å². The molecule has 1 amide bonds. The van der Waals surface area contributed by atoms with Gasteiger partial charge < -0.3 is 18.6 Å². The van der Waals surface area contributed by atoms with Crippen LogP contribution in [0.25, 0.3) is 11.5 Å².